The Labute approximate surface area is 500 Å². The molecule has 0 atom stereocenters. The molecule has 9 aromatic carbocycles. The number of para-hydroxylation sites is 1. The van der Waals surface area contributed by atoms with E-state index in [1.54, 1.807) is 0 Å². The third-order valence-electron chi connectivity index (χ3n) is 20.4. The van der Waals surface area contributed by atoms with Gasteiger partial charge in [0.05, 0.1) is 0 Å². The van der Waals surface area contributed by atoms with Crippen molar-refractivity contribution in [1.82, 2.24) is 0 Å². The number of rotatable bonds is 6. The zero-order chi connectivity index (χ0) is 58.8. The number of fused-ring (bicyclic) bond motifs is 9. The molecule has 0 fully saturated rings. The Bertz CT molecular complexity index is 4240. The van der Waals surface area contributed by atoms with Crippen LogP contribution in [0.15, 0.2) is 180 Å². The van der Waals surface area contributed by atoms with Crippen molar-refractivity contribution in [2.24, 2.45) is 0 Å². The summed E-state index contributed by atoms with van der Waals surface area (Å²) in [4.78, 5) is 7.94. The molecule has 84 heavy (non-hydrogen) atoms. The second-order valence-electron chi connectivity index (χ2n) is 30.0. The van der Waals surface area contributed by atoms with Gasteiger partial charge in [-0.1, -0.05) is 194 Å². The maximum Gasteiger partial charge on any atom is 0.333 e. The first-order valence-corrected chi connectivity index (χ1v) is 31.0. The van der Waals surface area contributed by atoms with E-state index in [-0.39, 0.29) is 39.3 Å². The first-order valence-electron chi connectivity index (χ1n) is 31.0. The van der Waals surface area contributed by atoms with Gasteiger partial charge < -0.3 is 19.0 Å². The summed E-state index contributed by atoms with van der Waals surface area (Å²) in [7, 11) is 0. The van der Waals surface area contributed by atoms with Crippen LogP contribution in [0.1, 0.15) is 162 Å². The Kier molecular flexibility index (Phi) is 12.0. The Balaban J connectivity index is 1.14. The first-order chi connectivity index (χ1) is 39.8. The zero-order valence-electron chi connectivity index (χ0n) is 52.4. The van der Waals surface area contributed by atoms with Gasteiger partial charge in [-0.25, -0.2) is 0 Å². The van der Waals surface area contributed by atoms with Crippen LogP contribution < -0.4 is 25.5 Å². The van der Waals surface area contributed by atoms with E-state index < -0.39 is 0 Å². The minimum Gasteiger partial charge on any atom is -0.456 e. The van der Waals surface area contributed by atoms with Crippen molar-refractivity contribution in [3.05, 3.63) is 215 Å². The molecule has 0 amide bonds. The lowest BCUT2D eigenvalue weighted by atomic mass is 9.43. The van der Waals surface area contributed by atoms with E-state index in [1.165, 1.54) is 95.0 Å². The molecule has 0 saturated heterocycles. The number of hydrogen-bond donors (Lipinski definition) is 0. The van der Waals surface area contributed by atoms with Crippen molar-refractivity contribution in [1.29, 1.82) is 0 Å². The molecule has 0 bridgehead atoms. The molecule has 2 aliphatic carbocycles. The van der Waals surface area contributed by atoms with Gasteiger partial charge >= 0.3 is 6.85 Å². The molecule has 2 aliphatic heterocycles. The molecule has 1 aromatic heterocycles. The third-order valence-corrected chi connectivity index (χ3v) is 20.4. The van der Waals surface area contributed by atoms with Crippen LogP contribution in [0.5, 0.6) is 0 Å². The average Bonchev–Trinajstić information content (AvgIpc) is 0.881. The van der Waals surface area contributed by atoms with Crippen LogP contribution in [-0.2, 0) is 32.5 Å². The highest BCUT2D eigenvalue weighted by Crippen LogP contribution is 2.56. The number of hydrogen-bond acceptors (Lipinski definition) is 4. The Morgan fingerprint density at radius 1 is 0.429 bits per heavy atom. The molecule has 0 unspecified atom stereocenters. The summed E-state index contributed by atoms with van der Waals surface area (Å²) >= 11 is 0. The highest BCUT2D eigenvalue weighted by atomic mass is 16.3. The SMILES string of the molecule is Cc1cc2c(cc1N1c3ccc(-c4ccccc4)cc3B3c4c(cc(N(c5ccc(C(C)(C)C)cc5)c5ccc(C(C)(C)C)cc5)cc41)-c1cc4oc5ccccc5c4cc1N3c1ccc3c(c1)C(C)(C)CCC3(C)C)C(C)(C)CCC2(C)C. The summed E-state index contributed by atoms with van der Waals surface area (Å²) in [6.45, 7) is 35.7. The highest BCUT2D eigenvalue weighted by molar-refractivity contribution is 6.93. The molecule has 10 aromatic rings. The number of nitrogens with zero attached hydrogens (tertiary/aromatic N) is 3. The van der Waals surface area contributed by atoms with Crippen LogP contribution in [0.2, 0.25) is 0 Å². The molecule has 3 heterocycles. The molecule has 5 heteroatoms. The molecule has 0 N–H and O–H groups in total. The van der Waals surface area contributed by atoms with Gasteiger partial charge in [-0.05, 0) is 211 Å². The molecular weight excluding hydrogens is 1020 g/mol. The van der Waals surface area contributed by atoms with Crippen LogP contribution >= 0.6 is 0 Å². The number of aryl methyl sites for hydroxylation is 1. The number of furan rings is 1. The van der Waals surface area contributed by atoms with Gasteiger partial charge in [0.1, 0.15) is 11.2 Å². The second kappa shape index (κ2) is 18.6. The quantitative estimate of drug-likeness (QED) is 0.155. The van der Waals surface area contributed by atoms with Gasteiger partial charge in [-0.3, -0.25) is 0 Å². The zero-order valence-corrected chi connectivity index (χ0v) is 52.4. The van der Waals surface area contributed by atoms with Gasteiger partial charge in [-0.2, -0.15) is 0 Å². The lowest BCUT2D eigenvalue weighted by molar-refractivity contribution is 0.332. The highest BCUT2D eigenvalue weighted by Gasteiger charge is 2.48. The first kappa shape index (κ1) is 54.2. The largest absolute Gasteiger partial charge is 0.456 e. The Morgan fingerprint density at radius 2 is 1.00 bits per heavy atom. The topological polar surface area (TPSA) is 22.9 Å². The maximum absolute atomic E-state index is 6.97. The Hall–Kier alpha value is -7.76. The van der Waals surface area contributed by atoms with Crippen LogP contribution in [0, 0.1) is 6.92 Å². The second-order valence-corrected chi connectivity index (χ2v) is 30.0. The van der Waals surface area contributed by atoms with E-state index in [1.807, 2.05) is 0 Å². The molecule has 4 aliphatic rings. The van der Waals surface area contributed by atoms with Crippen molar-refractivity contribution in [2.75, 3.05) is 14.6 Å². The maximum atomic E-state index is 6.97. The van der Waals surface area contributed by atoms with Crippen LogP contribution in [-0.4, -0.2) is 6.85 Å². The predicted molar refractivity (Wildman–Crippen MR) is 360 cm³/mol. The van der Waals surface area contributed by atoms with E-state index in [2.05, 4.69) is 294 Å². The fraction of sp³-hybridized carbons (Fsp3) is 0.316. The van der Waals surface area contributed by atoms with E-state index in [4.69, 9.17) is 4.42 Å². The number of anilines is 8. The van der Waals surface area contributed by atoms with Crippen molar-refractivity contribution >= 4 is 85.2 Å². The van der Waals surface area contributed by atoms with Gasteiger partial charge in [0.15, 0.2) is 0 Å². The summed E-state index contributed by atoms with van der Waals surface area (Å²) in [5.41, 5.74) is 28.3. The van der Waals surface area contributed by atoms with Crippen molar-refractivity contribution < 1.29 is 4.42 Å². The minimum atomic E-state index is -0.223. The smallest absolute Gasteiger partial charge is 0.333 e. The Morgan fingerprint density at radius 3 is 1.62 bits per heavy atom. The van der Waals surface area contributed by atoms with Gasteiger partial charge in [0.25, 0.3) is 0 Å². The lowest BCUT2D eigenvalue weighted by Crippen LogP contribution is -2.61. The summed E-state index contributed by atoms with van der Waals surface area (Å²) in [5.74, 6) is 0. The number of benzene rings is 9. The molecule has 14 rings (SSSR count). The lowest BCUT2D eigenvalue weighted by Gasteiger charge is -2.48. The summed E-state index contributed by atoms with van der Waals surface area (Å²) in [6.07, 6.45) is 4.58. The van der Waals surface area contributed by atoms with Gasteiger partial charge in [0.2, 0.25) is 0 Å². The fourth-order valence-electron chi connectivity index (χ4n) is 15.0. The average molecular weight is 1100 g/mol. The molecular formula is C79H82BN3O. The summed E-state index contributed by atoms with van der Waals surface area (Å²) in [5, 5.41) is 2.25. The van der Waals surface area contributed by atoms with Crippen LogP contribution in [0.3, 0.4) is 0 Å². The van der Waals surface area contributed by atoms with Crippen LogP contribution in [0.4, 0.5) is 45.5 Å². The third kappa shape index (κ3) is 8.60. The van der Waals surface area contributed by atoms with Crippen molar-refractivity contribution in [2.45, 2.75) is 162 Å². The van der Waals surface area contributed by atoms with E-state index in [9.17, 15) is 0 Å². The normalized spacial score (nSPS) is 17.1. The van der Waals surface area contributed by atoms with E-state index in [0.29, 0.717) is 0 Å². The van der Waals surface area contributed by atoms with Crippen molar-refractivity contribution in [3.8, 4) is 22.3 Å². The minimum absolute atomic E-state index is 0.00411. The summed E-state index contributed by atoms with van der Waals surface area (Å²) in [6, 6.07) is 68.3. The molecule has 4 nitrogen and oxygen atoms in total. The van der Waals surface area contributed by atoms with Crippen molar-refractivity contribution in [3.63, 3.8) is 0 Å². The van der Waals surface area contributed by atoms with Gasteiger partial charge in [-0.15, -0.1) is 0 Å². The molecule has 0 radical (unpaired) electrons. The monoisotopic (exact) mass is 1100 g/mol. The summed E-state index contributed by atoms with van der Waals surface area (Å²) < 4.78 is 6.97. The van der Waals surface area contributed by atoms with E-state index in [0.717, 1.165) is 70.2 Å². The molecule has 422 valence electrons. The predicted octanol–water partition coefficient (Wildman–Crippen LogP) is 21.0. The van der Waals surface area contributed by atoms with Crippen LogP contribution in [0.25, 0.3) is 44.2 Å². The molecule has 0 spiro atoms. The standard InChI is InChI=1S/C79H82BN3O/c1-49-41-63-65(79(14,15)40-39-77(63,10)11)48-68(49)82-67-36-25-51(50-21-17-16-18-22-50)42-66(67)80-73-61(43-57(45-70(73)82)81(54-30-26-52(27-31-54)74(2,3)4)55-32-28-53(29-33-55)75(5,6)7)59-47-72-60(58-23-19-20-24-71(58)84-72)46-69(59)83(80)56-34-35-62-64(44-56)78(12,13)38-37-76(62,8)9/h16-36,41-48H,37-40H2,1-15H3. The molecule has 0 saturated carbocycles. The van der Waals surface area contributed by atoms with Gasteiger partial charge in [0, 0.05) is 61.8 Å². The fourth-order valence-corrected chi connectivity index (χ4v) is 15.0. The van der Waals surface area contributed by atoms with E-state index >= 15 is 0 Å².